The Kier molecular flexibility index (Phi) is 8.66. The predicted molar refractivity (Wildman–Crippen MR) is 103 cm³/mol. The van der Waals surface area contributed by atoms with Gasteiger partial charge in [0.15, 0.2) is 21.2 Å². The first kappa shape index (κ1) is 21.0. The lowest BCUT2D eigenvalue weighted by molar-refractivity contribution is 0.596. The third-order valence-electron chi connectivity index (χ3n) is 3.30. The number of hydrogen-bond donors (Lipinski definition) is 4. The van der Waals surface area contributed by atoms with Crippen LogP contribution >= 0.6 is 22.9 Å². The summed E-state index contributed by atoms with van der Waals surface area (Å²) in [5, 5.41) is 6.07. The number of halogens is 3. The van der Waals surface area contributed by atoms with Gasteiger partial charge in [-0.05, 0) is 31.5 Å². The minimum Gasteiger partial charge on any atom is -0.384 e. The molecule has 2 rings (SSSR count). The van der Waals surface area contributed by atoms with Crippen LogP contribution < -0.4 is 21.1 Å². The Bertz CT molecular complexity index is 747. The molecule has 0 aliphatic heterocycles. The Hall–Kier alpha value is -1.33. The van der Waals surface area contributed by atoms with Gasteiger partial charge in [0.1, 0.15) is 5.82 Å². The summed E-state index contributed by atoms with van der Waals surface area (Å²) in [6, 6.07) is 2.49. The molecule has 0 fully saturated rings. The van der Waals surface area contributed by atoms with E-state index < -0.39 is 21.9 Å². The second-order valence-electron chi connectivity index (χ2n) is 5.28. The molecule has 0 aliphatic carbocycles. The SMILES string of the molecule is NCCNCCCCNc1cc(F)c(S(=O)Nc2ncc(F)s2)cc1Cl. The highest BCUT2D eigenvalue weighted by molar-refractivity contribution is 7.86. The fourth-order valence-electron chi connectivity index (χ4n) is 2.07. The molecule has 6 nitrogen and oxygen atoms in total. The molecule has 2 aromatic rings. The molecular formula is C15H20ClF2N5OS2. The van der Waals surface area contributed by atoms with Gasteiger partial charge in [-0.15, -0.1) is 0 Å². The van der Waals surface area contributed by atoms with E-state index in [0.29, 0.717) is 30.1 Å². The van der Waals surface area contributed by atoms with Crippen LogP contribution in [0.1, 0.15) is 12.8 Å². The van der Waals surface area contributed by atoms with Gasteiger partial charge in [0.05, 0.1) is 21.8 Å². The summed E-state index contributed by atoms with van der Waals surface area (Å²) in [5.74, 6) is -0.677. The van der Waals surface area contributed by atoms with Gasteiger partial charge < -0.3 is 16.4 Å². The van der Waals surface area contributed by atoms with Gasteiger partial charge in [-0.25, -0.2) is 13.6 Å². The molecular weight excluding hydrogens is 404 g/mol. The molecule has 11 heteroatoms. The standard InChI is InChI=1S/C15H20ClF2N5OS2/c16-10-7-13(26(24)23-15-22-9-14(18)25-15)11(17)8-12(10)21-5-2-1-4-20-6-3-19/h7-9,20-21H,1-6,19H2,(H,22,23). The first-order valence-corrected chi connectivity index (χ1v) is 10.3. The van der Waals surface area contributed by atoms with Gasteiger partial charge in [0.2, 0.25) is 0 Å². The van der Waals surface area contributed by atoms with Crippen LogP contribution in [0.3, 0.4) is 0 Å². The Morgan fingerprint density at radius 3 is 2.69 bits per heavy atom. The van der Waals surface area contributed by atoms with Gasteiger partial charge >= 0.3 is 0 Å². The summed E-state index contributed by atoms with van der Waals surface area (Å²) in [5.41, 5.74) is 5.81. The number of aromatic nitrogens is 1. The van der Waals surface area contributed by atoms with E-state index in [2.05, 4.69) is 20.3 Å². The Morgan fingerprint density at radius 2 is 2.00 bits per heavy atom. The first-order valence-electron chi connectivity index (χ1n) is 7.94. The predicted octanol–water partition coefficient (Wildman–Crippen LogP) is 2.95. The lowest BCUT2D eigenvalue weighted by atomic mass is 10.2. The van der Waals surface area contributed by atoms with Crippen molar-refractivity contribution in [3.05, 3.63) is 34.3 Å². The van der Waals surface area contributed by atoms with Crippen LogP contribution in [0.5, 0.6) is 0 Å². The summed E-state index contributed by atoms with van der Waals surface area (Å²) in [6.45, 7) is 2.88. The van der Waals surface area contributed by atoms with E-state index in [-0.39, 0.29) is 15.0 Å². The molecule has 144 valence electrons. The second-order valence-corrected chi connectivity index (χ2v) is 7.84. The molecule has 1 aromatic heterocycles. The molecule has 0 saturated carbocycles. The highest BCUT2D eigenvalue weighted by Crippen LogP contribution is 2.28. The summed E-state index contributed by atoms with van der Waals surface area (Å²) >= 11 is 6.83. The van der Waals surface area contributed by atoms with E-state index in [1.807, 2.05) is 0 Å². The number of hydrogen-bond acceptors (Lipinski definition) is 6. The molecule has 0 aliphatic rings. The molecule has 26 heavy (non-hydrogen) atoms. The Morgan fingerprint density at radius 1 is 1.23 bits per heavy atom. The summed E-state index contributed by atoms with van der Waals surface area (Å²) in [6.07, 6.45) is 2.82. The van der Waals surface area contributed by atoms with E-state index in [1.54, 1.807) is 0 Å². The molecule has 0 amide bonds. The van der Waals surface area contributed by atoms with Crippen LogP contribution in [0.2, 0.25) is 5.02 Å². The van der Waals surface area contributed by atoms with Crippen LogP contribution in [-0.2, 0) is 11.0 Å². The van der Waals surface area contributed by atoms with Crippen molar-refractivity contribution in [2.24, 2.45) is 5.73 Å². The largest absolute Gasteiger partial charge is 0.384 e. The molecule has 1 heterocycles. The van der Waals surface area contributed by atoms with Crippen LogP contribution in [0.15, 0.2) is 23.2 Å². The van der Waals surface area contributed by atoms with Crippen molar-refractivity contribution in [3.8, 4) is 0 Å². The summed E-state index contributed by atoms with van der Waals surface area (Å²) < 4.78 is 41.8. The molecule has 1 aromatic carbocycles. The number of nitrogens with zero attached hydrogens (tertiary/aromatic N) is 1. The maximum Gasteiger partial charge on any atom is 0.198 e. The Balaban J connectivity index is 1.89. The van der Waals surface area contributed by atoms with Crippen molar-refractivity contribution in [1.82, 2.24) is 10.3 Å². The van der Waals surface area contributed by atoms with Crippen molar-refractivity contribution in [3.63, 3.8) is 0 Å². The molecule has 5 N–H and O–H groups in total. The topological polar surface area (TPSA) is 92.1 Å². The minimum absolute atomic E-state index is 0.0989. The number of thiazole rings is 1. The monoisotopic (exact) mass is 423 g/mol. The third kappa shape index (κ3) is 6.44. The van der Waals surface area contributed by atoms with E-state index in [1.165, 1.54) is 12.1 Å². The number of rotatable bonds is 11. The van der Waals surface area contributed by atoms with Crippen molar-refractivity contribution in [1.29, 1.82) is 0 Å². The molecule has 0 bridgehead atoms. The van der Waals surface area contributed by atoms with Crippen molar-refractivity contribution in [2.75, 3.05) is 36.2 Å². The lowest BCUT2D eigenvalue weighted by Gasteiger charge is -2.11. The number of anilines is 2. The van der Waals surface area contributed by atoms with Crippen LogP contribution in [-0.4, -0.2) is 35.4 Å². The summed E-state index contributed by atoms with van der Waals surface area (Å²) in [4.78, 5) is 3.56. The zero-order valence-corrected chi connectivity index (χ0v) is 16.2. The van der Waals surface area contributed by atoms with Gasteiger partial charge in [-0.1, -0.05) is 22.9 Å². The second kappa shape index (κ2) is 10.7. The fourth-order valence-corrected chi connectivity index (χ4v) is 3.93. The first-order chi connectivity index (χ1) is 12.5. The van der Waals surface area contributed by atoms with E-state index in [4.69, 9.17) is 17.3 Å². The number of nitrogens with one attached hydrogen (secondary N) is 3. The number of nitrogens with two attached hydrogens (primary N) is 1. The highest BCUT2D eigenvalue weighted by atomic mass is 35.5. The highest BCUT2D eigenvalue weighted by Gasteiger charge is 2.15. The third-order valence-corrected chi connectivity index (χ3v) is 5.53. The lowest BCUT2D eigenvalue weighted by Crippen LogP contribution is -2.23. The fraction of sp³-hybridized carbons (Fsp3) is 0.400. The molecule has 1 atom stereocenters. The van der Waals surface area contributed by atoms with Crippen molar-refractivity contribution < 1.29 is 13.0 Å². The van der Waals surface area contributed by atoms with Crippen molar-refractivity contribution in [2.45, 2.75) is 17.7 Å². The van der Waals surface area contributed by atoms with E-state index in [0.717, 1.165) is 32.1 Å². The molecule has 0 saturated heterocycles. The average Bonchev–Trinajstić information content (AvgIpc) is 3.01. The smallest absolute Gasteiger partial charge is 0.198 e. The maximum absolute atomic E-state index is 14.3. The zero-order valence-electron chi connectivity index (χ0n) is 13.9. The van der Waals surface area contributed by atoms with Gasteiger partial charge in [0.25, 0.3) is 0 Å². The van der Waals surface area contributed by atoms with Crippen LogP contribution in [0, 0.1) is 10.9 Å². The maximum atomic E-state index is 14.3. The number of unbranched alkanes of at least 4 members (excludes halogenated alkanes) is 1. The zero-order chi connectivity index (χ0) is 18.9. The quantitative estimate of drug-likeness (QED) is 0.417. The number of benzene rings is 1. The minimum atomic E-state index is -1.94. The summed E-state index contributed by atoms with van der Waals surface area (Å²) in [7, 11) is -1.94. The van der Waals surface area contributed by atoms with Gasteiger partial charge in [0, 0.05) is 19.6 Å². The molecule has 1 unspecified atom stereocenters. The van der Waals surface area contributed by atoms with Crippen LogP contribution in [0.25, 0.3) is 0 Å². The molecule has 0 spiro atoms. The van der Waals surface area contributed by atoms with E-state index >= 15 is 0 Å². The van der Waals surface area contributed by atoms with Gasteiger partial charge in [-0.3, -0.25) is 4.72 Å². The van der Waals surface area contributed by atoms with Crippen molar-refractivity contribution >= 4 is 44.7 Å². The van der Waals surface area contributed by atoms with Crippen LogP contribution in [0.4, 0.5) is 19.6 Å². The van der Waals surface area contributed by atoms with Gasteiger partial charge in [-0.2, -0.15) is 4.39 Å². The normalized spacial score (nSPS) is 12.2. The Labute approximate surface area is 162 Å². The molecule has 0 radical (unpaired) electrons. The average molecular weight is 424 g/mol. The van der Waals surface area contributed by atoms with E-state index in [9.17, 15) is 13.0 Å².